The molecule has 1 aliphatic rings. The van der Waals surface area contributed by atoms with E-state index in [-0.39, 0.29) is 0 Å². The molecule has 0 spiro atoms. The summed E-state index contributed by atoms with van der Waals surface area (Å²) < 4.78 is 6.58. The molecule has 268 valence electrons. The van der Waals surface area contributed by atoms with E-state index in [0.717, 1.165) is 72.4 Å². The summed E-state index contributed by atoms with van der Waals surface area (Å²) in [5, 5.41) is 10.5. The summed E-state index contributed by atoms with van der Waals surface area (Å²) in [4.78, 5) is 10.8. The first-order chi connectivity index (χ1) is 28.2. The molecule has 0 saturated heterocycles. The number of nitrogens with zero attached hydrogens (tertiary/aromatic N) is 2. The van der Waals surface area contributed by atoms with Gasteiger partial charge < -0.3 is 9.73 Å². The Labute approximate surface area is 330 Å². The third-order valence-corrected chi connectivity index (χ3v) is 11.1. The van der Waals surface area contributed by atoms with Crippen LogP contribution in [0.4, 0.5) is 0 Å². The molecule has 1 N–H and O–H groups in total. The highest BCUT2D eigenvalue weighted by atomic mass is 16.3. The highest BCUT2D eigenvalue weighted by molar-refractivity contribution is 6.17. The number of furan rings is 1. The Morgan fingerprint density at radius 3 is 1.54 bits per heavy atom. The number of aliphatic imine (C=N–C) groups is 2. The summed E-state index contributed by atoms with van der Waals surface area (Å²) >= 11 is 0. The fraction of sp³-hybridized carbons (Fsp3) is 0.0189. The number of nitrogens with one attached hydrogen (secondary N) is 1. The maximum Gasteiger partial charge on any atom is 0.170 e. The van der Waals surface area contributed by atoms with Crippen molar-refractivity contribution >= 4 is 55.2 Å². The van der Waals surface area contributed by atoms with E-state index in [0.29, 0.717) is 0 Å². The fourth-order valence-corrected chi connectivity index (χ4v) is 8.15. The molecule has 10 aromatic rings. The van der Waals surface area contributed by atoms with E-state index in [2.05, 4.69) is 187 Å². The molecule has 0 radical (unpaired) electrons. The molecule has 0 saturated carbocycles. The third-order valence-electron chi connectivity index (χ3n) is 11.1. The number of amidine groups is 2. The van der Waals surface area contributed by atoms with Crippen molar-refractivity contribution in [2.45, 2.75) is 6.17 Å². The predicted molar refractivity (Wildman–Crippen MR) is 237 cm³/mol. The Kier molecular flexibility index (Phi) is 7.85. The van der Waals surface area contributed by atoms with E-state index in [4.69, 9.17) is 14.4 Å². The van der Waals surface area contributed by atoms with Gasteiger partial charge in [0, 0.05) is 27.5 Å². The molecular weight excluding hydrogens is 695 g/mol. The summed E-state index contributed by atoms with van der Waals surface area (Å²) in [7, 11) is 0. The van der Waals surface area contributed by atoms with Crippen LogP contribution in [0.2, 0.25) is 0 Å². The van der Waals surface area contributed by atoms with Gasteiger partial charge in [-0.3, -0.25) is 0 Å². The van der Waals surface area contributed by atoms with Gasteiger partial charge in [0.25, 0.3) is 0 Å². The molecule has 1 atom stereocenters. The smallest absolute Gasteiger partial charge is 0.170 e. The van der Waals surface area contributed by atoms with Crippen LogP contribution in [0.5, 0.6) is 0 Å². The maximum atomic E-state index is 6.58. The van der Waals surface area contributed by atoms with Crippen molar-refractivity contribution in [1.82, 2.24) is 5.32 Å². The van der Waals surface area contributed by atoms with Crippen LogP contribution in [0.25, 0.3) is 76.9 Å². The minimum Gasteiger partial charge on any atom is -0.456 e. The number of hydrogen-bond acceptors (Lipinski definition) is 4. The van der Waals surface area contributed by atoms with Gasteiger partial charge >= 0.3 is 0 Å². The SMILES string of the molecule is c1ccc(-c2ccc(-c3cc(C4N=C(c5ccc(-c6ccc7ccccc7c6)cc5)NC(c5ccc6ccccc6c5)=N4)c4c(c3)oc3ccccc34)cc2)cc1. The Balaban J connectivity index is 1.06. The monoisotopic (exact) mass is 729 g/mol. The van der Waals surface area contributed by atoms with E-state index in [9.17, 15) is 0 Å². The van der Waals surface area contributed by atoms with E-state index in [1.54, 1.807) is 0 Å². The lowest BCUT2D eigenvalue weighted by molar-refractivity contribution is 0.668. The maximum absolute atomic E-state index is 6.58. The van der Waals surface area contributed by atoms with Crippen LogP contribution >= 0.6 is 0 Å². The van der Waals surface area contributed by atoms with Crippen LogP contribution in [0, 0.1) is 0 Å². The predicted octanol–water partition coefficient (Wildman–Crippen LogP) is 13.4. The lowest BCUT2D eigenvalue weighted by Crippen LogP contribution is -2.36. The molecule has 9 aromatic carbocycles. The molecule has 1 unspecified atom stereocenters. The van der Waals surface area contributed by atoms with Gasteiger partial charge in [0.2, 0.25) is 0 Å². The van der Waals surface area contributed by atoms with Crippen molar-refractivity contribution in [3.8, 4) is 33.4 Å². The van der Waals surface area contributed by atoms with Crippen molar-refractivity contribution < 1.29 is 4.42 Å². The molecule has 0 fully saturated rings. The van der Waals surface area contributed by atoms with Crippen molar-refractivity contribution in [2.24, 2.45) is 9.98 Å². The molecule has 4 nitrogen and oxygen atoms in total. The zero-order valence-corrected chi connectivity index (χ0v) is 30.9. The number of para-hydroxylation sites is 1. The molecule has 0 aliphatic carbocycles. The van der Waals surface area contributed by atoms with Crippen LogP contribution in [0.1, 0.15) is 22.9 Å². The lowest BCUT2D eigenvalue weighted by Gasteiger charge is -2.23. The van der Waals surface area contributed by atoms with Crippen LogP contribution in [-0.4, -0.2) is 11.7 Å². The molecule has 4 heteroatoms. The van der Waals surface area contributed by atoms with Crippen LogP contribution in [0.3, 0.4) is 0 Å². The molecule has 11 rings (SSSR count). The Hall–Kier alpha value is -7.56. The van der Waals surface area contributed by atoms with Gasteiger partial charge in [0.05, 0.1) is 0 Å². The zero-order valence-electron chi connectivity index (χ0n) is 30.9. The largest absolute Gasteiger partial charge is 0.456 e. The van der Waals surface area contributed by atoms with Crippen molar-refractivity contribution in [1.29, 1.82) is 0 Å². The minimum atomic E-state index is -0.546. The van der Waals surface area contributed by atoms with E-state index in [1.165, 1.54) is 32.8 Å². The Morgan fingerprint density at radius 2 is 0.842 bits per heavy atom. The van der Waals surface area contributed by atoms with Crippen molar-refractivity contribution in [2.75, 3.05) is 0 Å². The first-order valence-corrected chi connectivity index (χ1v) is 19.3. The summed E-state index contributed by atoms with van der Waals surface area (Å²) in [5.41, 5.74) is 11.5. The molecular formula is C53H35N3O. The average molecular weight is 730 g/mol. The van der Waals surface area contributed by atoms with E-state index < -0.39 is 6.17 Å². The standard InChI is InChI=1S/C53H35N3O/c1-2-10-34(11-3-1)37-18-20-39(21-19-37)45-32-47(50-46-16-8-9-17-48(46)57-49(50)33-45)53-55-51(54-52(56-53)44-29-25-36-13-5-7-15-42(36)31-44)40-26-22-38(23-27-40)43-28-24-35-12-4-6-14-41(35)30-43/h1-33,53H,(H,54,55,56). The molecule has 1 aromatic heterocycles. The summed E-state index contributed by atoms with van der Waals surface area (Å²) in [6, 6.07) is 70.6. The van der Waals surface area contributed by atoms with Gasteiger partial charge in [-0.2, -0.15) is 0 Å². The van der Waals surface area contributed by atoms with Gasteiger partial charge in [-0.05, 0) is 85.3 Å². The van der Waals surface area contributed by atoms with Gasteiger partial charge in [-0.25, -0.2) is 9.98 Å². The minimum absolute atomic E-state index is 0.546. The zero-order chi connectivity index (χ0) is 37.7. The quantitative estimate of drug-likeness (QED) is 0.185. The van der Waals surface area contributed by atoms with E-state index >= 15 is 0 Å². The van der Waals surface area contributed by atoms with Crippen LogP contribution < -0.4 is 5.32 Å². The second-order valence-corrected chi connectivity index (χ2v) is 14.6. The first kappa shape index (κ1) is 32.8. The van der Waals surface area contributed by atoms with Gasteiger partial charge in [0.15, 0.2) is 6.17 Å². The van der Waals surface area contributed by atoms with Crippen molar-refractivity contribution in [3.05, 3.63) is 217 Å². The highest BCUT2D eigenvalue weighted by Gasteiger charge is 2.25. The molecule has 0 bridgehead atoms. The molecule has 57 heavy (non-hydrogen) atoms. The van der Waals surface area contributed by atoms with Crippen molar-refractivity contribution in [3.63, 3.8) is 0 Å². The first-order valence-electron chi connectivity index (χ1n) is 19.3. The third kappa shape index (κ3) is 6.05. The second-order valence-electron chi connectivity index (χ2n) is 14.6. The van der Waals surface area contributed by atoms with E-state index in [1.807, 2.05) is 18.2 Å². The molecule has 0 amide bonds. The normalized spacial score (nSPS) is 14.1. The number of hydrogen-bond donors (Lipinski definition) is 1. The number of rotatable bonds is 6. The Bertz CT molecular complexity index is 3190. The summed E-state index contributed by atoms with van der Waals surface area (Å²) in [6.07, 6.45) is -0.546. The highest BCUT2D eigenvalue weighted by Crippen LogP contribution is 2.40. The lowest BCUT2D eigenvalue weighted by atomic mass is 9.95. The average Bonchev–Trinajstić information content (AvgIpc) is 3.67. The van der Waals surface area contributed by atoms with Gasteiger partial charge in [-0.1, -0.05) is 170 Å². The van der Waals surface area contributed by atoms with Gasteiger partial charge in [-0.15, -0.1) is 0 Å². The fourth-order valence-electron chi connectivity index (χ4n) is 8.15. The molecule has 1 aliphatic heterocycles. The summed E-state index contributed by atoms with van der Waals surface area (Å²) in [5.74, 6) is 1.54. The topological polar surface area (TPSA) is 49.9 Å². The van der Waals surface area contributed by atoms with Gasteiger partial charge in [0.1, 0.15) is 22.8 Å². The number of fused-ring (bicyclic) bond motifs is 5. The van der Waals surface area contributed by atoms with Crippen LogP contribution in [0.15, 0.2) is 215 Å². The van der Waals surface area contributed by atoms with Crippen LogP contribution in [-0.2, 0) is 0 Å². The summed E-state index contributed by atoms with van der Waals surface area (Å²) in [6.45, 7) is 0. The Morgan fingerprint density at radius 1 is 0.351 bits per heavy atom. The second kappa shape index (κ2) is 13.6. The molecule has 2 heterocycles. The number of benzene rings is 9.